The average molecular weight is 443 g/mol. The highest BCUT2D eigenvalue weighted by Crippen LogP contribution is 2.24. The first-order chi connectivity index (χ1) is 15.1. The van der Waals surface area contributed by atoms with Crippen molar-refractivity contribution in [2.75, 3.05) is 19.7 Å². The number of hydrogen-bond donors (Lipinski definition) is 1. The van der Waals surface area contributed by atoms with Gasteiger partial charge < -0.3 is 19.4 Å². The van der Waals surface area contributed by atoms with Crippen LogP contribution in [-0.2, 0) is 21.6 Å². The average Bonchev–Trinajstić information content (AvgIpc) is 3.42. The van der Waals surface area contributed by atoms with Crippen molar-refractivity contribution < 1.29 is 18.7 Å². The zero-order chi connectivity index (χ0) is 23.4. The zero-order valence-electron chi connectivity index (χ0n) is 19.7. The lowest BCUT2D eigenvalue weighted by Crippen LogP contribution is -2.51. The number of carbonyl (C=O) groups is 2. The number of aromatic nitrogens is 2. The lowest BCUT2D eigenvalue weighted by atomic mass is 9.97. The molecule has 0 bridgehead atoms. The Labute approximate surface area is 189 Å². The summed E-state index contributed by atoms with van der Waals surface area (Å²) in [6.45, 7) is 11.4. The summed E-state index contributed by atoms with van der Waals surface area (Å²) in [5, 5.41) is 11.2. The number of Topliss-reactive ketones (excluding diaryl/α,β-unsaturated/α-hetero) is 1. The van der Waals surface area contributed by atoms with Crippen LogP contribution in [-0.4, -0.2) is 58.1 Å². The number of nitrogens with one attached hydrogen (secondary N) is 1. The van der Waals surface area contributed by atoms with Crippen LogP contribution in [0.15, 0.2) is 34.7 Å². The first-order valence-corrected chi connectivity index (χ1v) is 11.1. The Morgan fingerprint density at radius 1 is 1.16 bits per heavy atom. The molecule has 8 nitrogen and oxygen atoms in total. The van der Waals surface area contributed by atoms with E-state index in [1.165, 1.54) is 0 Å². The second-order valence-corrected chi connectivity index (χ2v) is 9.99. The molecule has 3 rings (SSSR count). The van der Waals surface area contributed by atoms with Crippen LogP contribution in [0.1, 0.15) is 69.6 Å². The molecule has 32 heavy (non-hydrogen) atoms. The number of rotatable bonds is 9. The number of hydrogen-bond acceptors (Lipinski definition) is 7. The summed E-state index contributed by atoms with van der Waals surface area (Å²) in [6, 6.07) is 9.40. The highest BCUT2D eigenvalue weighted by atomic mass is 16.5. The molecule has 1 unspecified atom stereocenters. The third-order valence-electron chi connectivity index (χ3n) is 5.45. The summed E-state index contributed by atoms with van der Waals surface area (Å²) in [4.78, 5) is 27.5. The van der Waals surface area contributed by atoms with E-state index in [1.54, 1.807) is 4.90 Å². The van der Waals surface area contributed by atoms with E-state index < -0.39 is 11.6 Å². The molecule has 0 spiro atoms. The molecule has 1 atom stereocenters. The molecular formula is C24H34N4O4. The summed E-state index contributed by atoms with van der Waals surface area (Å²) in [7, 11) is 0. The highest BCUT2D eigenvalue weighted by molar-refractivity contribution is 5.98. The van der Waals surface area contributed by atoms with E-state index in [9.17, 15) is 9.59 Å². The van der Waals surface area contributed by atoms with Gasteiger partial charge in [-0.2, -0.15) is 0 Å². The summed E-state index contributed by atoms with van der Waals surface area (Å²) >= 11 is 0. The van der Waals surface area contributed by atoms with Crippen LogP contribution in [0.25, 0.3) is 0 Å². The second-order valence-electron chi connectivity index (χ2n) is 9.99. The van der Waals surface area contributed by atoms with Gasteiger partial charge >= 0.3 is 0 Å². The molecule has 0 aliphatic carbocycles. The number of ketones is 1. The quantitative estimate of drug-likeness (QED) is 0.596. The first-order valence-electron chi connectivity index (χ1n) is 11.1. The molecule has 1 amide bonds. The van der Waals surface area contributed by atoms with E-state index in [2.05, 4.69) is 15.5 Å². The molecule has 2 heterocycles. The third-order valence-corrected chi connectivity index (χ3v) is 5.45. The van der Waals surface area contributed by atoms with Gasteiger partial charge in [-0.1, -0.05) is 51.1 Å². The summed E-state index contributed by atoms with van der Waals surface area (Å²) in [5.41, 5.74) is 0.375. The van der Waals surface area contributed by atoms with Crippen LogP contribution in [0.2, 0.25) is 0 Å². The van der Waals surface area contributed by atoms with E-state index in [0.717, 1.165) is 12.0 Å². The minimum Gasteiger partial charge on any atom is -0.418 e. The number of nitrogens with zero attached hydrogens (tertiary/aromatic N) is 3. The molecule has 0 radical (unpaired) electrons. The van der Waals surface area contributed by atoms with Crippen LogP contribution in [0.5, 0.6) is 0 Å². The molecular weight excluding hydrogens is 408 g/mol. The molecule has 1 aromatic heterocycles. The fourth-order valence-electron chi connectivity index (χ4n) is 3.57. The van der Waals surface area contributed by atoms with Gasteiger partial charge in [0.1, 0.15) is 6.04 Å². The van der Waals surface area contributed by atoms with Crippen LogP contribution in [0.4, 0.5) is 0 Å². The Hall–Kier alpha value is -2.58. The van der Waals surface area contributed by atoms with Crippen molar-refractivity contribution in [2.24, 2.45) is 0 Å². The third kappa shape index (κ3) is 6.23. The molecule has 2 aromatic rings. The topological polar surface area (TPSA) is 97.6 Å². The van der Waals surface area contributed by atoms with Gasteiger partial charge in [0.2, 0.25) is 17.6 Å². The molecule has 1 fully saturated rings. The number of amides is 1. The summed E-state index contributed by atoms with van der Waals surface area (Å²) in [5.74, 6) is -0.0188. The smallest absolute Gasteiger partial charge is 0.286 e. The van der Waals surface area contributed by atoms with E-state index in [4.69, 9.17) is 9.15 Å². The lowest BCUT2D eigenvalue weighted by Gasteiger charge is -2.28. The van der Waals surface area contributed by atoms with Crippen molar-refractivity contribution in [3.63, 3.8) is 0 Å². The van der Waals surface area contributed by atoms with Crippen LogP contribution < -0.4 is 5.32 Å². The molecule has 8 heteroatoms. The van der Waals surface area contributed by atoms with E-state index in [-0.39, 0.29) is 29.5 Å². The first kappa shape index (κ1) is 24.1. The Kier molecular flexibility index (Phi) is 7.46. The minimum absolute atomic E-state index is 0.0257. The van der Waals surface area contributed by atoms with E-state index in [0.29, 0.717) is 32.1 Å². The molecule has 1 aliphatic rings. The van der Waals surface area contributed by atoms with Gasteiger partial charge in [-0.05, 0) is 32.3 Å². The van der Waals surface area contributed by atoms with Gasteiger partial charge in [0.15, 0.2) is 0 Å². The normalized spacial score (nSPS) is 17.0. The molecule has 174 valence electrons. The van der Waals surface area contributed by atoms with Gasteiger partial charge in [-0.25, -0.2) is 0 Å². The lowest BCUT2D eigenvalue weighted by molar-refractivity contribution is -0.130. The van der Waals surface area contributed by atoms with Gasteiger partial charge in [-0.3, -0.25) is 9.59 Å². The van der Waals surface area contributed by atoms with Crippen molar-refractivity contribution in [1.82, 2.24) is 20.4 Å². The number of likely N-dealkylation sites (tertiary alicyclic amines) is 1. The maximum atomic E-state index is 12.9. The standard InChI is InChI=1S/C24H34N4O4/c1-23(2,3)22-27-26-21(32-22)20(30)18-12-9-13-28(18)19(29)14-25-24(4,5)16-31-15-17-10-7-6-8-11-17/h6-8,10-11,18,25H,9,12-16H2,1-5H3. The minimum atomic E-state index is -0.560. The second kappa shape index (κ2) is 9.92. The number of ether oxygens (including phenoxy) is 1. The van der Waals surface area contributed by atoms with Gasteiger partial charge in [0, 0.05) is 17.5 Å². The SMILES string of the molecule is CC(C)(COCc1ccccc1)NCC(=O)N1CCCC1C(=O)c1nnc(C(C)(C)C)o1. The van der Waals surface area contributed by atoms with Crippen molar-refractivity contribution in [2.45, 2.75) is 71.1 Å². The van der Waals surface area contributed by atoms with Crippen LogP contribution in [0.3, 0.4) is 0 Å². The fraction of sp³-hybridized carbons (Fsp3) is 0.583. The van der Waals surface area contributed by atoms with Gasteiger partial charge in [-0.15, -0.1) is 10.2 Å². The molecule has 1 aromatic carbocycles. The van der Waals surface area contributed by atoms with E-state index >= 15 is 0 Å². The molecule has 0 saturated carbocycles. The van der Waals surface area contributed by atoms with Crippen molar-refractivity contribution in [3.05, 3.63) is 47.7 Å². The van der Waals surface area contributed by atoms with Crippen LogP contribution >= 0.6 is 0 Å². The van der Waals surface area contributed by atoms with E-state index in [1.807, 2.05) is 65.0 Å². The van der Waals surface area contributed by atoms with Gasteiger partial charge in [0.05, 0.1) is 19.8 Å². The summed E-state index contributed by atoms with van der Waals surface area (Å²) < 4.78 is 11.4. The Balaban J connectivity index is 1.52. The number of carbonyl (C=O) groups excluding carboxylic acids is 2. The molecule has 1 N–H and O–H groups in total. The Bertz CT molecular complexity index is 918. The van der Waals surface area contributed by atoms with Crippen molar-refractivity contribution in [1.29, 1.82) is 0 Å². The van der Waals surface area contributed by atoms with Crippen LogP contribution in [0, 0.1) is 0 Å². The fourth-order valence-corrected chi connectivity index (χ4v) is 3.57. The maximum absolute atomic E-state index is 12.9. The Morgan fingerprint density at radius 2 is 1.88 bits per heavy atom. The maximum Gasteiger partial charge on any atom is 0.286 e. The predicted molar refractivity (Wildman–Crippen MR) is 120 cm³/mol. The van der Waals surface area contributed by atoms with Gasteiger partial charge in [0.25, 0.3) is 5.89 Å². The molecule has 1 saturated heterocycles. The largest absolute Gasteiger partial charge is 0.418 e. The van der Waals surface area contributed by atoms with Crippen molar-refractivity contribution >= 4 is 11.7 Å². The Morgan fingerprint density at radius 3 is 2.53 bits per heavy atom. The van der Waals surface area contributed by atoms with Crippen molar-refractivity contribution in [3.8, 4) is 0 Å². The highest BCUT2D eigenvalue weighted by Gasteiger charge is 2.38. The summed E-state index contributed by atoms with van der Waals surface area (Å²) in [6.07, 6.45) is 1.37. The number of benzene rings is 1. The predicted octanol–water partition coefficient (Wildman–Crippen LogP) is 3.13. The molecule has 1 aliphatic heterocycles. The zero-order valence-corrected chi connectivity index (χ0v) is 19.7. The monoisotopic (exact) mass is 442 g/mol.